The minimum Gasteiger partial charge on any atom is -0.458 e. The zero-order valence-electron chi connectivity index (χ0n) is 15.4. The van der Waals surface area contributed by atoms with Crippen molar-refractivity contribution < 1.29 is 23.5 Å². The molecule has 0 radical (unpaired) electrons. The number of benzene rings is 1. The Labute approximate surface area is 147 Å². The predicted octanol–water partition coefficient (Wildman–Crippen LogP) is 3.78. The van der Waals surface area contributed by atoms with Crippen LogP contribution in [0, 0.1) is 17.2 Å². The summed E-state index contributed by atoms with van der Waals surface area (Å²) in [4.78, 5) is 23.5. The number of amides is 1. The highest BCUT2D eigenvalue weighted by atomic mass is 19.1. The average Bonchev–Trinajstić information content (AvgIpc) is 2.51. The summed E-state index contributed by atoms with van der Waals surface area (Å²) in [6, 6.07) is 3.78. The number of hydrogen-bond donors (Lipinski definition) is 1. The second kappa shape index (κ2) is 7.52. The molecule has 0 unspecified atom stereocenters. The van der Waals surface area contributed by atoms with Crippen molar-refractivity contribution in [2.45, 2.75) is 53.2 Å². The van der Waals surface area contributed by atoms with Crippen molar-refractivity contribution in [2.24, 2.45) is 11.3 Å². The smallest absolute Gasteiger partial charge is 0.338 e. The van der Waals surface area contributed by atoms with Crippen LogP contribution in [-0.2, 0) is 14.3 Å². The molecule has 2 rings (SSSR count). The molecule has 1 amide bonds. The number of ether oxygens (including phenoxy) is 2. The first kappa shape index (κ1) is 19.4. The van der Waals surface area contributed by atoms with Crippen LogP contribution in [-0.4, -0.2) is 30.7 Å². The number of hydrogen-bond acceptors (Lipinski definition) is 4. The first-order valence-corrected chi connectivity index (χ1v) is 8.51. The lowest BCUT2D eigenvalue weighted by Gasteiger charge is -2.50. The van der Waals surface area contributed by atoms with E-state index in [4.69, 9.17) is 9.47 Å². The van der Waals surface area contributed by atoms with E-state index in [1.807, 2.05) is 13.8 Å². The van der Waals surface area contributed by atoms with Gasteiger partial charge in [-0.25, -0.2) is 9.18 Å². The van der Waals surface area contributed by atoms with Crippen molar-refractivity contribution in [3.05, 3.63) is 29.6 Å². The minimum atomic E-state index is -0.599. The fourth-order valence-corrected chi connectivity index (χ4v) is 2.78. The lowest BCUT2D eigenvalue weighted by molar-refractivity contribution is -0.180. The summed E-state index contributed by atoms with van der Waals surface area (Å²) in [5.74, 6) is -1.09. The molecular weight excluding hydrogens is 325 g/mol. The molecule has 138 valence electrons. The first-order valence-electron chi connectivity index (χ1n) is 8.51. The summed E-state index contributed by atoms with van der Waals surface area (Å²) in [7, 11) is 0. The highest BCUT2D eigenvalue weighted by Crippen LogP contribution is 2.45. The first-order chi connectivity index (χ1) is 11.6. The number of anilines is 1. The minimum absolute atomic E-state index is 0.0343. The van der Waals surface area contributed by atoms with Gasteiger partial charge in [-0.15, -0.1) is 0 Å². The van der Waals surface area contributed by atoms with Crippen molar-refractivity contribution in [3.63, 3.8) is 0 Å². The molecule has 1 fully saturated rings. The third-order valence-electron chi connectivity index (χ3n) is 4.48. The van der Waals surface area contributed by atoms with Gasteiger partial charge >= 0.3 is 5.97 Å². The molecule has 1 aliphatic rings. The van der Waals surface area contributed by atoms with Crippen LogP contribution in [0.2, 0.25) is 0 Å². The molecule has 6 heteroatoms. The van der Waals surface area contributed by atoms with Crippen LogP contribution in [0.1, 0.15) is 51.4 Å². The largest absolute Gasteiger partial charge is 0.458 e. The Bertz CT molecular complexity index is 657. The quantitative estimate of drug-likeness (QED) is 0.792. The molecule has 2 atom stereocenters. The molecule has 0 bridgehead atoms. The summed E-state index contributed by atoms with van der Waals surface area (Å²) in [6.45, 7) is 10.1. The number of carbonyl (C=O) groups excluding carboxylic acids is 2. The van der Waals surface area contributed by atoms with Gasteiger partial charge in [-0.3, -0.25) is 4.79 Å². The van der Waals surface area contributed by atoms with Crippen molar-refractivity contribution in [1.29, 1.82) is 0 Å². The lowest BCUT2D eigenvalue weighted by atomic mass is 9.66. The van der Waals surface area contributed by atoms with E-state index in [0.29, 0.717) is 18.9 Å². The van der Waals surface area contributed by atoms with Gasteiger partial charge in [0.15, 0.2) is 0 Å². The zero-order chi connectivity index (χ0) is 18.8. The Morgan fingerprint density at radius 3 is 2.56 bits per heavy atom. The van der Waals surface area contributed by atoms with Crippen molar-refractivity contribution in [3.8, 4) is 0 Å². The SMILES string of the molecule is CC(=O)Nc1cc(C(=O)O[C@@H]2C[C@@H](OCC(C)C)C2(C)C)ccc1F. The Kier molecular flexibility index (Phi) is 5.83. The van der Waals surface area contributed by atoms with E-state index in [1.165, 1.54) is 19.1 Å². The zero-order valence-corrected chi connectivity index (χ0v) is 15.4. The number of halogens is 1. The van der Waals surface area contributed by atoms with Gasteiger partial charge in [-0.1, -0.05) is 27.7 Å². The highest BCUT2D eigenvalue weighted by molar-refractivity contribution is 5.94. The van der Waals surface area contributed by atoms with Gasteiger partial charge in [0.2, 0.25) is 5.91 Å². The van der Waals surface area contributed by atoms with Gasteiger partial charge in [0.25, 0.3) is 0 Å². The average molecular weight is 351 g/mol. The van der Waals surface area contributed by atoms with Crippen LogP contribution in [0.3, 0.4) is 0 Å². The fourth-order valence-electron chi connectivity index (χ4n) is 2.78. The number of esters is 1. The van der Waals surface area contributed by atoms with Crippen LogP contribution in [0.4, 0.5) is 10.1 Å². The van der Waals surface area contributed by atoms with E-state index in [0.717, 1.165) is 6.07 Å². The van der Waals surface area contributed by atoms with Crippen LogP contribution in [0.15, 0.2) is 18.2 Å². The molecule has 0 saturated heterocycles. The normalized spacial score (nSPS) is 21.6. The summed E-state index contributed by atoms with van der Waals surface area (Å²) in [5.41, 5.74) is -0.106. The number of carbonyl (C=O) groups is 2. The number of nitrogens with one attached hydrogen (secondary N) is 1. The topological polar surface area (TPSA) is 64.6 Å². The molecule has 0 aliphatic heterocycles. The third kappa shape index (κ3) is 4.57. The van der Waals surface area contributed by atoms with Gasteiger partial charge in [0.05, 0.1) is 17.4 Å². The maximum atomic E-state index is 13.7. The molecule has 25 heavy (non-hydrogen) atoms. The summed E-state index contributed by atoms with van der Waals surface area (Å²) >= 11 is 0. The Balaban J connectivity index is 2.00. The van der Waals surface area contributed by atoms with Crippen LogP contribution in [0.25, 0.3) is 0 Å². The highest BCUT2D eigenvalue weighted by Gasteiger charge is 2.51. The van der Waals surface area contributed by atoms with Crippen LogP contribution < -0.4 is 5.32 Å². The monoisotopic (exact) mass is 351 g/mol. The lowest BCUT2D eigenvalue weighted by Crippen LogP contribution is -2.56. The molecule has 1 N–H and O–H groups in total. The molecule has 0 aromatic heterocycles. The van der Waals surface area contributed by atoms with Gasteiger partial charge in [-0.2, -0.15) is 0 Å². The van der Waals surface area contributed by atoms with E-state index in [-0.39, 0.29) is 28.9 Å². The van der Waals surface area contributed by atoms with Gasteiger partial charge in [0, 0.05) is 25.4 Å². The summed E-state index contributed by atoms with van der Waals surface area (Å²) in [5, 5.41) is 2.36. The summed E-state index contributed by atoms with van der Waals surface area (Å²) < 4.78 is 25.1. The van der Waals surface area contributed by atoms with E-state index < -0.39 is 17.7 Å². The molecule has 5 nitrogen and oxygen atoms in total. The molecule has 1 aliphatic carbocycles. The molecule has 1 aromatic carbocycles. The van der Waals surface area contributed by atoms with Crippen LogP contribution >= 0.6 is 0 Å². The molecular formula is C19H26FNO4. The number of rotatable bonds is 6. The second-order valence-electron chi connectivity index (χ2n) is 7.54. The third-order valence-corrected chi connectivity index (χ3v) is 4.48. The maximum absolute atomic E-state index is 13.7. The van der Waals surface area contributed by atoms with Gasteiger partial charge in [0.1, 0.15) is 11.9 Å². The predicted molar refractivity (Wildman–Crippen MR) is 92.9 cm³/mol. The van der Waals surface area contributed by atoms with E-state index in [1.54, 1.807) is 0 Å². The summed E-state index contributed by atoms with van der Waals surface area (Å²) in [6.07, 6.45) is 0.438. The van der Waals surface area contributed by atoms with Crippen molar-refractivity contribution in [1.82, 2.24) is 0 Å². The standard InChI is InChI=1S/C19H26FNO4/c1-11(2)10-24-16-9-17(19(16,4)5)25-18(23)13-6-7-14(20)15(8-13)21-12(3)22/h6-8,11,16-17H,9-10H2,1-5H3,(H,21,22)/t16-,17-/m1/s1. The van der Waals surface area contributed by atoms with E-state index in [2.05, 4.69) is 19.2 Å². The molecule has 0 spiro atoms. The van der Waals surface area contributed by atoms with Crippen molar-refractivity contribution in [2.75, 3.05) is 11.9 Å². The van der Waals surface area contributed by atoms with E-state index in [9.17, 15) is 14.0 Å². The van der Waals surface area contributed by atoms with Gasteiger partial charge < -0.3 is 14.8 Å². The molecule has 1 saturated carbocycles. The van der Waals surface area contributed by atoms with Crippen LogP contribution in [0.5, 0.6) is 0 Å². The van der Waals surface area contributed by atoms with Gasteiger partial charge in [-0.05, 0) is 24.1 Å². The molecule has 0 heterocycles. The Hall–Kier alpha value is -1.95. The van der Waals surface area contributed by atoms with Crippen molar-refractivity contribution >= 4 is 17.6 Å². The second-order valence-corrected chi connectivity index (χ2v) is 7.54. The fraction of sp³-hybridized carbons (Fsp3) is 0.579. The van der Waals surface area contributed by atoms with E-state index >= 15 is 0 Å². The Morgan fingerprint density at radius 2 is 2.00 bits per heavy atom. The molecule has 1 aromatic rings. The Morgan fingerprint density at radius 1 is 1.32 bits per heavy atom. The maximum Gasteiger partial charge on any atom is 0.338 e.